The summed E-state index contributed by atoms with van der Waals surface area (Å²) in [6, 6.07) is 9.31. The molecule has 0 bridgehead atoms. The van der Waals surface area contributed by atoms with Crippen molar-refractivity contribution in [3.8, 4) is 0 Å². The Morgan fingerprint density at radius 3 is 2.56 bits per heavy atom. The van der Waals surface area contributed by atoms with Gasteiger partial charge in [0.15, 0.2) is 0 Å². The van der Waals surface area contributed by atoms with Crippen LogP contribution in [0.25, 0.3) is 0 Å². The number of aliphatic hydroxyl groups excluding tert-OH is 1. The van der Waals surface area contributed by atoms with E-state index in [0.717, 1.165) is 5.56 Å². The molecule has 1 atom stereocenters. The summed E-state index contributed by atoms with van der Waals surface area (Å²) < 4.78 is 7.31. The summed E-state index contributed by atoms with van der Waals surface area (Å²) in [6.07, 6.45) is -0.485. The summed E-state index contributed by atoms with van der Waals surface area (Å²) >= 11 is 0. The van der Waals surface area contributed by atoms with Crippen LogP contribution in [0.4, 0.5) is 0 Å². The van der Waals surface area contributed by atoms with Gasteiger partial charge in [-0.05, 0) is 12.0 Å². The molecule has 0 aliphatic rings. The molecule has 1 aromatic carbocycles. The molecule has 9 heavy (non-hydrogen) atoms. The molecule has 0 saturated carbocycles. The molecule has 0 aromatic heterocycles. The van der Waals surface area contributed by atoms with E-state index < -0.39 is 6.40 Å². The highest BCUT2D eigenvalue weighted by Crippen LogP contribution is 1.97. The average molecular weight is 123 g/mol. The molecule has 1 heteroatoms. The van der Waals surface area contributed by atoms with Crippen molar-refractivity contribution in [2.24, 2.45) is 0 Å². The molecule has 0 aliphatic carbocycles. The average Bonchev–Trinajstić information content (AvgIpc) is 2.05. The highest BCUT2D eigenvalue weighted by Gasteiger charge is 1.85. The Balaban J connectivity index is 2.75. The molecule has 0 radical (unpaired) electrons. The van der Waals surface area contributed by atoms with Crippen molar-refractivity contribution in [2.45, 2.75) is 6.40 Å². The highest BCUT2D eigenvalue weighted by atomic mass is 16.2. The predicted octanol–water partition coefficient (Wildman–Crippen LogP) is 1.22. The van der Waals surface area contributed by atoms with Gasteiger partial charge < -0.3 is 5.11 Å². The second-order valence-electron chi connectivity index (χ2n) is 1.80. The lowest BCUT2D eigenvalue weighted by Gasteiger charge is -1.93. The molecule has 1 unspecified atom stereocenters. The zero-order valence-corrected chi connectivity index (χ0v) is 5.12. The fourth-order valence-electron chi connectivity index (χ4n) is 0.695. The molecular formula is C8H10O. The first-order valence-corrected chi connectivity index (χ1v) is 2.92. The predicted molar refractivity (Wildman–Crippen MR) is 37.2 cm³/mol. The Hall–Kier alpha value is -0.820. The Kier molecular flexibility index (Phi) is 1.81. The zero-order chi connectivity index (χ0) is 7.40. The van der Waals surface area contributed by atoms with Gasteiger partial charge in [-0.25, -0.2) is 0 Å². The minimum absolute atomic E-state index is 0.107. The van der Waals surface area contributed by atoms with Crippen LogP contribution in [0.5, 0.6) is 0 Å². The van der Waals surface area contributed by atoms with Crippen LogP contribution in [-0.4, -0.2) is 11.7 Å². The first kappa shape index (κ1) is 5.00. The lowest BCUT2D eigenvalue weighted by Crippen LogP contribution is -1.88. The van der Waals surface area contributed by atoms with Crippen molar-refractivity contribution in [2.75, 3.05) is 6.61 Å². The van der Waals surface area contributed by atoms with Gasteiger partial charge in [0.2, 0.25) is 0 Å². The minimum Gasteiger partial charge on any atom is -0.396 e. The Morgan fingerprint density at radius 1 is 1.33 bits per heavy atom. The SMILES string of the molecule is [2H]C(CO)c1ccccc1. The lowest BCUT2D eigenvalue weighted by molar-refractivity contribution is 0.299. The smallest absolute Gasteiger partial charge is 0.0471 e. The molecule has 0 spiro atoms. The van der Waals surface area contributed by atoms with Gasteiger partial charge in [-0.15, -0.1) is 0 Å². The van der Waals surface area contributed by atoms with E-state index in [4.69, 9.17) is 6.48 Å². The standard InChI is InChI=1S/C8H10O/c9-7-6-8-4-2-1-3-5-8/h1-5,9H,6-7H2/i6D. The zero-order valence-electron chi connectivity index (χ0n) is 6.12. The van der Waals surface area contributed by atoms with Gasteiger partial charge in [0.25, 0.3) is 0 Å². The van der Waals surface area contributed by atoms with E-state index in [2.05, 4.69) is 0 Å². The van der Waals surface area contributed by atoms with Crippen LogP contribution in [0, 0.1) is 0 Å². The summed E-state index contributed by atoms with van der Waals surface area (Å²) in [4.78, 5) is 0. The van der Waals surface area contributed by atoms with Gasteiger partial charge in [-0.1, -0.05) is 30.3 Å². The van der Waals surface area contributed by atoms with Crippen molar-refractivity contribution in [1.29, 1.82) is 0 Å². The molecule has 0 heterocycles. The van der Waals surface area contributed by atoms with Gasteiger partial charge >= 0.3 is 0 Å². The second kappa shape index (κ2) is 3.25. The summed E-state index contributed by atoms with van der Waals surface area (Å²) in [6.45, 7) is -0.107. The van der Waals surface area contributed by atoms with Crippen LogP contribution in [-0.2, 0) is 6.40 Å². The molecule has 0 amide bonds. The number of aliphatic hydroxyl groups is 1. The third kappa shape index (κ3) is 1.86. The fourth-order valence-corrected chi connectivity index (χ4v) is 0.695. The first-order chi connectivity index (χ1) is 4.84. The molecular weight excluding hydrogens is 112 g/mol. The summed E-state index contributed by atoms with van der Waals surface area (Å²) in [5.74, 6) is 0. The van der Waals surface area contributed by atoms with Gasteiger partial charge in [-0.2, -0.15) is 0 Å². The lowest BCUT2D eigenvalue weighted by atomic mass is 10.2. The topological polar surface area (TPSA) is 20.2 Å². The van der Waals surface area contributed by atoms with Crippen molar-refractivity contribution in [1.82, 2.24) is 0 Å². The minimum atomic E-state index is -0.485. The first-order valence-electron chi connectivity index (χ1n) is 3.50. The molecule has 0 saturated heterocycles. The van der Waals surface area contributed by atoms with E-state index in [1.54, 1.807) is 0 Å². The van der Waals surface area contributed by atoms with Crippen molar-refractivity contribution < 1.29 is 6.48 Å². The molecule has 1 rings (SSSR count). The number of benzene rings is 1. The monoisotopic (exact) mass is 123 g/mol. The van der Waals surface area contributed by atoms with Crippen molar-refractivity contribution >= 4 is 0 Å². The van der Waals surface area contributed by atoms with E-state index in [9.17, 15) is 0 Å². The van der Waals surface area contributed by atoms with E-state index in [1.165, 1.54) is 0 Å². The van der Waals surface area contributed by atoms with Gasteiger partial charge in [0.1, 0.15) is 0 Å². The van der Waals surface area contributed by atoms with Crippen LogP contribution >= 0.6 is 0 Å². The van der Waals surface area contributed by atoms with Gasteiger partial charge in [0.05, 0.1) is 0 Å². The van der Waals surface area contributed by atoms with Crippen LogP contribution in [0.1, 0.15) is 6.93 Å². The number of hydrogen-bond acceptors (Lipinski definition) is 1. The summed E-state index contributed by atoms with van der Waals surface area (Å²) in [5.41, 5.74) is 0.866. The molecule has 1 nitrogen and oxygen atoms in total. The highest BCUT2D eigenvalue weighted by molar-refractivity contribution is 5.14. The number of hydrogen-bond donors (Lipinski definition) is 1. The van der Waals surface area contributed by atoms with Gasteiger partial charge in [-0.3, -0.25) is 0 Å². The summed E-state index contributed by atoms with van der Waals surface area (Å²) in [5, 5.41) is 8.60. The quantitative estimate of drug-likeness (QED) is 0.627. The maximum absolute atomic E-state index is 8.60. The van der Waals surface area contributed by atoms with E-state index >= 15 is 0 Å². The van der Waals surface area contributed by atoms with Crippen LogP contribution in [0.2, 0.25) is 0 Å². The Labute approximate surface area is 56.4 Å². The molecule has 0 fully saturated rings. The van der Waals surface area contributed by atoms with E-state index in [0.29, 0.717) is 0 Å². The van der Waals surface area contributed by atoms with Crippen LogP contribution in [0.3, 0.4) is 0 Å². The molecule has 1 N–H and O–H groups in total. The Morgan fingerprint density at radius 2 is 2.00 bits per heavy atom. The van der Waals surface area contributed by atoms with E-state index in [-0.39, 0.29) is 6.61 Å². The maximum Gasteiger partial charge on any atom is 0.0471 e. The normalized spacial score (nSPS) is 14.6. The van der Waals surface area contributed by atoms with Crippen LogP contribution < -0.4 is 0 Å². The summed E-state index contributed by atoms with van der Waals surface area (Å²) in [7, 11) is 0. The second-order valence-corrected chi connectivity index (χ2v) is 1.80. The fraction of sp³-hybridized carbons (Fsp3) is 0.250. The molecule has 0 aliphatic heterocycles. The van der Waals surface area contributed by atoms with Crippen LogP contribution in [0.15, 0.2) is 30.3 Å². The third-order valence-corrected chi connectivity index (χ3v) is 1.13. The molecule has 48 valence electrons. The third-order valence-electron chi connectivity index (χ3n) is 1.13. The van der Waals surface area contributed by atoms with Crippen molar-refractivity contribution in [3.05, 3.63) is 35.9 Å². The maximum atomic E-state index is 8.60. The number of rotatable bonds is 2. The Bertz CT molecular complexity index is 186. The van der Waals surface area contributed by atoms with Gasteiger partial charge in [0, 0.05) is 7.98 Å². The largest absolute Gasteiger partial charge is 0.396 e. The van der Waals surface area contributed by atoms with Crippen molar-refractivity contribution in [3.63, 3.8) is 0 Å². The molecule has 1 aromatic rings. The van der Waals surface area contributed by atoms with E-state index in [1.807, 2.05) is 30.3 Å².